The molecule has 0 radical (unpaired) electrons. The number of nitrogens with one attached hydrogen (secondary N) is 1. The summed E-state index contributed by atoms with van der Waals surface area (Å²) >= 11 is 0. The van der Waals surface area contributed by atoms with Crippen molar-refractivity contribution in [1.29, 1.82) is 0 Å². The first kappa shape index (κ1) is 17.6. The maximum atomic E-state index is 11.9. The first-order chi connectivity index (χ1) is 10.3. The zero-order valence-corrected chi connectivity index (χ0v) is 13.3. The Balaban J connectivity index is 2.88. The second-order valence-corrected chi connectivity index (χ2v) is 5.51. The molecular weight excluding hydrogens is 286 g/mol. The molecule has 1 heterocycles. The summed E-state index contributed by atoms with van der Waals surface area (Å²) in [5, 5.41) is 7.15. The van der Waals surface area contributed by atoms with Gasteiger partial charge in [-0.05, 0) is 6.42 Å². The zero-order chi connectivity index (χ0) is 16.8. The van der Waals surface area contributed by atoms with Gasteiger partial charge in [0.1, 0.15) is 12.3 Å². The van der Waals surface area contributed by atoms with Crippen molar-refractivity contribution in [1.82, 2.24) is 9.78 Å². The topological polar surface area (TPSA) is 82.4 Å². The third-order valence-electron chi connectivity index (χ3n) is 3.00. The predicted molar refractivity (Wildman–Crippen MR) is 81.4 cm³/mol. The number of terminal acetylenes is 1. The number of carbonyl (C=O) groups excluding carboxylic acids is 2. The van der Waals surface area contributed by atoms with E-state index in [-0.39, 0.29) is 13.0 Å². The predicted octanol–water partition coefficient (Wildman–Crippen LogP) is 1.00. The molecule has 1 N–H and O–H groups in total. The van der Waals surface area contributed by atoms with Crippen LogP contribution in [0.1, 0.15) is 20.3 Å². The second kappa shape index (κ2) is 7.50. The number of anilines is 1. The highest BCUT2D eigenvalue weighted by molar-refractivity contribution is 5.79. The van der Waals surface area contributed by atoms with Gasteiger partial charge >= 0.3 is 5.97 Å². The number of rotatable bonds is 8. The summed E-state index contributed by atoms with van der Waals surface area (Å²) in [6, 6.07) is 0.932. The van der Waals surface area contributed by atoms with Crippen LogP contribution in [0, 0.1) is 17.8 Å². The molecule has 1 aromatic heterocycles. The van der Waals surface area contributed by atoms with Crippen LogP contribution in [0.3, 0.4) is 0 Å². The van der Waals surface area contributed by atoms with E-state index < -0.39 is 17.4 Å². The Morgan fingerprint density at radius 3 is 2.86 bits per heavy atom. The molecule has 22 heavy (non-hydrogen) atoms. The number of esters is 1. The molecule has 0 bridgehead atoms. The van der Waals surface area contributed by atoms with Crippen LogP contribution in [-0.4, -0.2) is 41.8 Å². The summed E-state index contributed by atoms with van der Waals surface area (Å²) in [6.07, 6.45) is 6.23. The fourth-order valence-electron chi connectivity index (χ4n) is 1.86. The number of methoxy groups -OCH3 is 1. The average molecular weight is 307 g/mol. The first-order valence-corrected chi connectivity index (χ1v) is 6.74. The molecule has 0 fully saturated rings. The number of hydrogen-bond donors (Lipinski definition) is 1. The lowest BCUT2D eigenvalue weighted by Crippen LogP contribution is -2.36. The van der Waals surface area contributed by atoms with Crippen molar-refractivity contribution in [3.8, 4) is 18.2 Å². The highest BCUT2D eigenvalue weighted by Crippen LogP contribution is 2.23. The third kappa shape index (κ3) is 4.81. The fourth-order valence-corrected chi connectivity index (χ4v) is 1.86. The summed E-state index contributed by atoms with van der Waals surface area (Å²) in [7, 11) is 2.99. The van der Waals surface area contributed by atoms with E-state index in [0.29, 0.717) is 11.7 Å². The molecule has 0 saturated heterocycles. The molecule has 0 aliphatic carbocycles. The van der Waals surface area contributed by atoms with Gasteiger partial charge in [0.05, 0.1) is 7.11 Å². The van der Waals surface area contributed by atoms with E-state index in [0.717, 1.165) is 6.29 Å². The van der Waals surface area contributed by atoms with Gasteiger partial charge in [0, 0.05) is 18.5 Å². The van der Waals surface area contributed by atoms with Crippen molar-refractivity contribution in [2.24, 2.45) is 12.5 Å². The molecular formula is C15H21N3O4. The number of ether oxygens (including phenoxy) is 2. The fraction of sp³-hybridized carbons (Fsp3) is 0.533. The maximum absolute atomic E-state index is 11.9. The van der Waals surface area contributed by atoms with Crippen molar-refractivity contribution in [2.45, 2.75) is 26.3 Å². The molecule has 0 saturated carbocycles. The first-order valence-electron chi connectivity index (χ1n) is 6.74. The van der Waals surface area contributed by atoms with Crippen LogP contribution in [-0.2, 0) is 21.4 Å². The molecule has 120 valence electrons. The highest BCUT2D eigenvalue weighted by Gasteiger charge is 2.29. The summed E-state index contributed by atoms with van der Waals surface area (Å²) in [6.45, 7) is 3.62. The summed E-state index contributed by atoms with van der Waals surface area (Å²) in [4.78, 5) is 22.9. The minimum absolute atomic E-state index is 0.123. The molecule has 0 spiro atoms. The maximum Gasteiger partial charge on any atom is 0.328 e. The minimum Gasteiger partial charge on any atom is -0.467 e. The molecule has 1 atom stereocenters. The molecule has 7 heteroatoms. The third-order valence-corrected chi connectivity index (χ3v) is 3.00. The number of hydrogen-bond acceptors (Lipinski definition) is 6. The zero-order valence-electron chi connectivity index (χ0n) is 13.3. The Morgan fingerprint density at radius 1 is 1.64 bits per heavy atom. The van der Waals surface area contributed by atoms with Gasteiger partial charge in [-0.3, -0.25) is 0 Å². The number of aldehydes is 1. The number of aromatic nitrogens is 2. The lowest BCUT2D eigenvalue weighted by Gasteiger charge is -2.23. The van der Waals surface area contributed by atoms with Gasteiger partial charge in [0.25, 0.3) is 0 Å². The van der Waals surface area contributed by atoms with E-state index in [1.54, 1.807) is 27.0 Å². The molecule has 0 amide bonds. The smallest absolute Gasteiger partial charge is 0.328 e. The van der Waals surface area contributed by atoms with Gasteiger partial charge in [-0.1, -0.05) is 19.8 Å². The van der Waals surface area contributed by atoms with Gasteiger partial charge in [-0.2, -0.15) is 5.10 Å². The molecule has 1 rings (SSSR count). The van der Waals surface area contributed by atoms with Crippen LogP contribution in [0.2, 0.25) is 0 Å². The van der Waals surface area contributed by atoms with Crippen LogP contribution < -0.4 is 10.1 Å². The Kier molecular flexibility index (Phi) is 5.99. The van der Waals surface area contributed by atoms with E-state index in [1.807, 2.05) is 0 Å². The second-order valence-electron chi connectivity index (χ2n) is 5.51. The Labute approximate surface area is 130 Å². The van der Waals surface area contributed by atoms with Gasteiger partial charge in [-0.25, -0.2) is 9.48 Å². The van der Waals surface area contributed by atoms with E-state index in [4.69, 9.17) is 15.9 Å². The van der Waals surface area contributed by atoms with Crippen LogP contribution in [0.15, 0.2) is 6.07 Å². The summed E-state index contributed by atoms with van der Waals surface area (Å²) in [5.41, 5.74) is -0.663. The van der Waals surface area contributed by atoms with E-state index in [2.05, 4.69) is 16.3 Å². The lowest BCUT2D eigenvalue weighted by molar-refractivity contribution is -0.142. The molecule has 0 aromatic carbocycles. The van der Waals surface area contributed by atoms with Crippen LogP contribution in [0.4, 0.5) is 5.82 Å². The quantitative estimate of drug-likeness (QED) is 0.438. The largest absolute Gasteiger partial charge is 0.467 e. The monoisotopic (exact) mass is 307 g/mol. The number of carbonyl (C=O) groups is 2. The standard InChI is InChI=1S/C15H21N3O4/c1-6-7-22-13-8-12(17-18(13)4)16-11(14(20)21-5)9-15(2,3)10-19/h1,8,10-11H,7,9H2,2-5H3,(H,16,17)/t11-/m0/s1. The van der Waals surface area contributed by atoms with E-state index >= 15 is 0 Å². The van der Waals surface area contributed by atoms with Gasteiger partial charge in [-0.15, -0.1) is 6.42 Å². The SMILES string of the molecule is C#CCOc1cc(N[C@@H](CC(C)(C)C=O)C(=O)OC)nn1C. The Morgan fingerprint density at radius 2 is 2.32 bits per heavy atom. The molecule has 0 aliphatic heterocycles. The minimum atomic E-state index is -0.694. The molecule has 1 aromatic rings. The normalized spacial score (nSPS) is 12.1. The van der Waals surface area contributed by atoms with Crippen LogP contribution in [0.5, 0.6) is 5.88 Å². The van der Waals surface area contributed by atoms with E-state index in [1.165, 1.54) is 11.8 Å². The van der Waals surface area contributed by atoms with Crippen LogP contribution >= 0.6 is 0 Å². The Bertz CT molecular complexity index is 572. The number of nitrogens with zero attached hydrogens (tertiary/aromatic N) is 2. The Hall–Kier alpha value is -2.49. The van der Waals surface area contributed by atoms with Crippen LogP contribution in [0.25, 0.3) is 0 Å². The summed E-state index contributed by atoms with van der Waals surface area (Å²) in [5.74, 6) is 2.80. The molecule has 0 aliphatic rings. The number of aryl methyl sites for hydroxylation is 1. The van der Waals surface area contributed by atoms with Crippen molar-refractivity contribution >= 4 is 18.1 Å². The highest BCUT2D eigenvalue weighted by atomic mass is 16.5. The van der Waals surface area contributed by atoms with Crippen molar-refractivity contribution < 1.29 is 19.1 Å². The average Bonchev–Trinajstić information content (AvgIpc) is 2.83. The van der Waals surface area contributed by atoms with E-state index in [9.17, 15) is 9.59 Å². The van der Waals surface area contributed by atoms with Gasteiger partial charge in [0.15, 0.2) is 12.4 Å². The lowest BCUT2D eigenvalue weighted by atomic mass is 9.87. The van der Waals surface area contributed by atoms with Crippen molar-refractivity contribution in [3.63, 3.8) is 0 Å². The van der Waals surface area contributed by atoms with Gasteiger partial charge < -0.3 is 19.6 Å². The van der Waals surface area contributed by atoms with Crippen molar-refractivity contribution in [2.75, 3.05) is 19.0 Å². The van der Waals surface area contributed by atoms with Gasteiger partial charge in [0.2, 0.25) is 5.88 Å². The van der Waals surface area contributed by atoms with Crippen molar-refractivity contribution in [3.05, 3.63) is 6.07 Å². The molecule has 7 nitrogen and oxygen atoms in total. The molecule has 0 unspecified atom stereocenters. The summed E-state index contributed by atoms with van der Waals surface area (Å²) < 4.78 is 11.6.